The number of hydrogen-bond donors (Lipinski definition) is 1. The number of carbonyl (C=O) groups is 2. The first kappa shape index (κ1) is 21.8. The summed E-state index contributed by atoms with van der Waals surface area (Å²) in [6.07, 6.45) is 5.38. The Kier molecular flexibility index (Phi) is 7.11. The third-order valence-electron chi connectivity index (χ3n) is 4.73. The summed E-state index contributed by atoms with van der Waals surface area (Å²) in [5.41, 5.74) is -0.919. The Morgan fingerprint density at radius 3 is 2.50 bits per heavy atom. The molecule has 9 nitrogen and oxygen atoms in total. The molecule has 1 aliphatic rings. The van der Waals surface area contributed by atoms with E-state index in [9.17, 15) is 28.1 Å². The molecule has 10 heteroatoms. The van der Waals surface area contributed by atoms with Crippen LogP contribution in [0.3, 0.4) is 0 Å². The normalized spacial score (nSPS) is 16.2. The monoisotopic (exact) mass is 412 g/mol. The van der Waals surface area contributed by atoms with Crippen LogP contribution in [0, 0.1) is 16.0 Å². The Bertz CT molecular complexity index is 861. The van der Waals surface area contributed by atoms with Crippen LogP contribution in [-0.2, 0) is 19.4 Å². The minimum absolute atomic E-state index is 0.203. The highest BCUT2D eigenvalue weighted by Gasteiger charge is 2.26. The van der Waals surface area contributed by atoms with Gasteiger partial charge in [-0.2, -0.15) is 0 Å². The molecule has 0 aromatic heterocycles. The Labute approximate surface area is 163 Å². The predicted molar refractivity (Wildman–Crippen MR) is 101 cm³/mol. The third kappa shape index (κ3) is 5.75. The molecule has 0 spiro atoms. The SMILES string of the molecule is C[C@@H](OC(=O)c1ccc(S(C)(=O)=O)c([N+](=O)[O-])c1)C(=O)NCC1CCCCC1. The molecule has 0 heterocycles. The van der Waals surface area contributed by atoms with Gasteiger partial charge in [-0.15, -0.1) is 0 Å². The lowest BCUT2D eigenvalue weighted by atomic mass is 9.89. The van der Waals surface area contributed by atoms with E-state index in [-0.39, 0.29) is 5.56 Å². The van der Waals surface area contributed by atoms with E-state index in [0.29, 0.717) is 12.5 Å². The maximum Gasteiger partial charge on any atom is 0.339 e. The number of nitro groups is 1. The lowest BCUT2D eigenvalue weighted by Gasteiger charge is -2.22. The van der Waals surface area contributed by atoms with Crippen molar-refractivity contribution in [1.82, 2.24) is 5.32 Å². The molecule has 1 aromatic carbocycles. The van der Waals surface area contributed by atoms with Crippen LogP contribution >= 0.6 is 0 Å². The van der Waals surface area contributed by atoms with Gasteiger partial charge in [-0.3, -0.25) is 14.9 Å². The standard InChI is InChI=1S/C18H24N2O7S/c1-12(17(21)19-11-13-6-4-3-5-7-13)27-18(22)14-8-9-16(28(2,25)26)15(10-14)20(23)24/h8-10,12-13H,3-7,11H2,1-2H3,(H,19,21)/t12-/m1/s1. The zero-order valence-corrected chi connectivity index (χ0v) is 16.7. The second-order valence-electron chi connectivity index (χ2n) is 7.01. The number of nitro benzene ring substituents is 1. The van der Waals surface area contributed by atoms with E-state index in [2.05, 4.69) is 5.32 Å². The quantitative estimate of drug-likeness (QED) is 0.412. The van der Waals surface area contributed by atoms with Crippen LogP contribution in [0.5, 0.6) is 0 Å². The fraction of sp³-hybridized carbons (Fsp3) is 0.556. The third-order valence-corrected chi connectivity index (χ3v) is 5.88. The van der Waals surface area contributed by atoms with Crippen molar-refractivity contribution in [3.05, 3.63) is 33.9 Å². The van der Waals surface area contributed by atoms with Gasteiger partial charge in [0.15, 0.2) is 15.9 Å². The van der Waals surface area contributed by atoms with Crippen molar-refractivity contribution in [3.63, 3.8) is 0 Å². The minimum Gasteiger partial charge on any atom is -0.449 e. The zero-order chi connectivity index (χ0) is 20.9. The van der Waals surface area contributed by atoms with E-state index in [1.54, 1.807) is 0 Å². The number of hydrogen-bond acceptors (Lipinski definition) is 7. The van der Waals surface area contributed by atoms with E-state index < -0.39 is 43.3 Å². The molecule has 0 bridgehead atoms. The van der Waals surface area contributed by atoms with Crippen molar-refractivity contribution in [2.24, 2.45) is 5.92 Å². The molecule has 0 aliphatic heterocycles. The van der Waals surface area contributed by atoms with Gasteiger partial charge in [0, 0.05) is 18.9 Å². The molecule has 1 amide bonds. The fourth-order valence-electron chi connectivity index (χ4n) is 3.16. The Hall–Kier alpha value is -2.49. The van der Waals surface area contributed by atoms with Crippen LogP contribution in [0.15, 0.2) is 23.1 Å². The zero-order valence-electron chi connectivity index (χ0n) is 15.8. The topological polar surface area (TPSA) is 133 Å². The smallest absolute Gasteiger partial charge is 0.339 e. The largest absolute Gasteiger partial charge is 0.449 e. The highest BCUT2D eigenvalue weighted by atomic mass is 32.2. The van der Waals surface area contributed by atoms with Crippen molar-refractivity contribution < 1.29 is 27.7 Å². The molecule has 0 saturated heterocycles. The number of rotatable bonds is 7. The molecule has 1 saturated carbocycles. The van der Waals surface area contributed by atoms with Crippen LogP contribution in [0.25, 0.3) is 0 Å². The van der Waals surface area contributed by atoms with Crippen molar-refractivity contribution >= 4 is 27.4 Å². The number of nitrogens with zero attached hydrogens (tertiary/aromatic N) is 1. The number of amides is 1. The minimum atomic E-state index is -3.83. The first-order valence-corrected chi connectivity index (χ1v) is 11.0. The number of nitrogens with one attached hydrogen (secondary N) is 1. The molecule has 1 N–H and O–H groups in total. The predicted octanol–water partition coefficient (Wildman–Crippen LogP) is 2.24. The summed E-state index contributed by atoms with van der Waals surface area (Å²) >= 11 is 0. The molecule has 1 fully saturated rings. The van der Waals surface area contributed by atoms with Gasteiger partial charge < -0.3 is 10.1 Å². The van der Waals surface area contributed by atoms with E-state index in [1.807, 2.05) is 0 Å². The molecule has 2 rings (SSSR count). The average molecular weight is 412 g/mol. The van der Waals surface area contributed by atoms with Crippen molar-refractivity contribution in [1.29, 1.82) is 0 Å². The lowest BCUT2D eigenvalue weighted by molar-refractivity contribution is -0.387. The van der Waals surface area contributed by atoms with Gasteiger partial charge in [0.25, 0.3) is 11.6 Å². The van der Waals surface area contributed by atoms with Gasteiger partial charge in [-0.05, 0) is 37.8 Å². The Morgan fingerprint density at radius 1 is 1.29 bits per heavy atom. The molecule has 0 unspecified atom stereocenters. The summed E-state index contributed by atoms with van der Waals surface area (Å²) in [6.45, 7) is 1.93. The molecule has 0 radical (unpaired) electrons. The number of esters is 1. The van der Waals surface area contributed by atoms with E-state index in [1.165, 1.54) is 13.3 Å². The van der Waals surface area contributed by atoms with Gasteiger partial charge >= 0.3 is 5.97 Å². The highest BCUT2D eigenvalue weighted by Crippen LogP contribution is 2.25. The molecule has 1 atom stereocenters. The molecular formula is C18H24N2O7S. The first-order chi connectivity index (χ1) is 13.1. The molecule has 1 aromatic rings. The molecular weight excluding hydrogens is 388 g/mol. The first-order valence-electron chi connectivity index (χ1n) is 9.06. The molecule has 154 valence electrons. The van der Waals surface area contributed by atoms with E-state index in [4.69, 9.17) is 4.74 Å². The summed E-state index contributed by atoms with van der Waals surface area (Å²) in [7, 11) is -3.83. The highest BCUT2D eigenvalue weighted by molar-refractivity contribution is 7.90. The average Bonchev–Trinajstić information content (AvgIpc) is 2.65. The molecule has 28 heavy (non-hydrogen) atoms. The summed E-state index contributed by atoms with van der Waals surface area (Å²) in [5, 5.41) is 13.9. The maximum atomic E-state index is 12.2. The van der Waals surface area contributed by atoms with Gasteiger partial charge in [0.2, 0.25) is 0 Å². The second-order valence-corrected chi connectivity index (χ2v) is 8.99. The molecule has 1 aliphatic carbocycles. The summed E-state index contributed by atoms with van der Waals surface area (Å²) in [6, 6.07) is 2.95. The summed E-state index contributed by atoms with van der Waals surface area (Å²) < 4.78 is 28.3. The van der Waals surface area contributed by atoms with Crippen molar-refractivity contribution in [2.75, 3.05) is 12.8 Å². The van der Waals surface area contributed by atoms with Crippen molar-refractivity contribution in [2.45, 2.75) is 50.0 Å². The number of benzene rings is 1. The van der Waals surface area contributed by atoms with Gasteiger partial charge in [0.05, 0.1) is 10.5 Å². The van der Waals surface area contributed by atoms with Gasteiger partial charge in [-0.1, -0.05) is 19.3 Å². The van der Waals surface area contributed by atoms with Crippen LogP contribution in [0.2, 0.25) is 0 Å². The van der Waals surface area contributed by atoms with Gasteiger partial charge in [0.1, 0.15) is 4.90 Å². The summed E-state index contributed by atoms with van der Waals surface area (Å²) in [5.74, 6) is -0.962. The van der Waals surface area contributed by atoms with E-state index in [0.717, 1.165) is 50.1 Å². The lowest BCUT2D eigenvalue weighted by Crippen LogP contribution is -2.38. The fourth-order valence-corrected chi connectivity index (χ4v) is 3.99. The van der Waals surface area contributed by atoms with E-state index >= 15 is 0 Å². The Morgan fingerprint density at radius 2 is 1.93 bits per heavy atom. The number of ether oxygens (including phenoxy) is 1. The number of sulfone groups is 1. The van der Waals surface area contributed by atoms with Gasteiger partial charge in [-0.25, -0.2) is 13.2 Å². The second kappa shape index (κ2) is 9.13. The maximum absolute atomic E-state index is 12.2. The Balaban J connectivity index is 2.02. The van der Waals surface area contributed by atoms with Crippen LogP contribution in [-0.4, -0.2) is 44.1 Å². The number of carbonyl (C=O) groups excluding carboxylic acids is 2. The van der Waals surface area contributed by atoms with Crippen LogP contribution in [0.4, 0.5) is 5.69 Å². The van der Waals surface area contributed by atoms with Crippen LogP contribution in [0.1, 0.15) is 49.4 Å². The van der Waals surface area contributed by atoms with Crippen LogP contribution < -0.4 is 5.32 Å². The summed E-state index contributed by atoms with van der Waals surface area (Å²) in [4.78, 5) is 34.1. The van der Waals surface area contributed by atoms with Crippen molar-refractivity contribution in [3.8, 4) is 0 Å².